The molecule has 3 rings (SSSR count). The van der Waals surface area contributed by atoms with Gasteiger partial charge in [0.25, 0.3) is 0 Å². The fourth-order valence-electron chi connectivity index (χ4n) is 3.43. The third-order valence-corrected chi connectivity index (χ3v) is 4.52. The molecule has 1 aromatic rings. The van der Waals surface area contributed by atoms with Gasteiger partial charge in [-0.05, 0) is 42.4 Å². The maximum Gasteiger partial charge on any atom is 0.161 e. The van der Waals surface area contributed by atoms with Crippen LogP contribution in [-0.2, 0) is 0 Å². The SMILES string of the molecule is CC1CCC(C(NN)c2ccc3c(c2)OCCCO3)C1. The molecule has 20 heavy (non-hydrogen) atoms. The smallest absolute Gasteiger partial charge is 0.161 e. The molecule has 3 N–H and O–H groups in total. The van der Waals surface area contributed by atoms with Crippen LogP contribution in [0.1, 0.15) is 44.2 Å². The zero-order valence-corrected chi connectivity index (χ0v) is 12.1. The van der Waals surface area contributed by atoms with E-state index in [9.17, 15) is 0 Å². The Hall–Kier alpha value is -1.26. The van der Waals surface area contributed by atoms with Crippen molar-refractivity contribution in [1.29, 1.82) is 0 Å². The van der Waals surface area contributed by atoms with E-state index < -0.39 is 0 Å². The molecule has 110 valence electrons. The van der Waals surface area contributed by atoms with Crippen LogP contribution in [0.15, 0.2) is 18.2 Å². The summed E-state index contributed by atoms with van der Waals surface area (Å²) < 4.78 is 11.5. The summed E-state index contributed by atoms with van der Waals surface area (Å²) in [4.78, 5) is 0. The van der Waals surface area contributed by atoms with Gasteiger partial charge in [-0.3, -0.25) is 11.3 Å². The highest BCUT2D eigenvalue weighted by Crippen LogP contribution is 2.40. The molecule has 0 radical (unpaired) electrons. The van der Waals surface area contributed by atoms with Crippen molar-refractivity contribution in [2.24, 2.45) is 17.7 Å². The van der Waals surface area contributed by atoms with E-state index in [-0.39, 0.29) is 6.04 Å². The predicted octanol–water partition coefficient (Wildman–Crippen LogP) is 2.79. The highest BCUT2D eigenvalue weighted by atomic mass is 16.5. The Labute approximate surface area is 120 Å². The highest BCUT2D eigenvalue weighted by Gasteiger charge is 2.29. The predicted molar refractivity (Wildman–Crippen MR) is 78.6 cm³/mol. The Morgan fingerprint density at radius 2 is 2.00 bits per heavy atom. The third-order valence-electron chi connectivity index (χ3n) is 4.52. The van der Waals surface area contributed by atoms with Crippen molar-refractivity contribution in [2.45, 2.75) is 38.6 Å². The number of nitrogens with one attached hydrogen (secondary N) is 1. The minimum absolute atomic E-state index is 0.206. The average molecular weight is 276 g/mol. The van der Waals surface area contributed by atoms with Gasteiger partial charge in [0.2, 0.25) is 0 Å². The Kier molecular flexibility index (Phi) is 4.13. The molecule has 3 unspecified atom stereocenters. The second-order valence-corrected chi connectivity index (χ2v) is 6.08. The first-order valence-electron chi connectivity index (χ1n) is 7.63. The largest absolute Gasteiger partial charge is 0.490 e. The minimum Gasteiger partial charge on any atom is -0.490 e. The van der Waals surface area contributed by atoms with E-state index in [0.717, 1.165) is 37.1 Å². The summed E-state index contributed by atoms with van der Waals surface area (Å²) in [5.41, 5.74) is 4.21. The molecule has 1 aromatic carbocycles. The molecule has 1 heterocycles. The molecule has 1 fully saturated rings. The third kappa shape index (κ3) is 2.76. The second-order valence-electron chi connectivity index (χ2n) is 6.08. The van der Waals surface area contributed by atoms with E-state index >= 15 is 0 Å². The van der Waals surface area contributed by atoms with E-state index in [1.165, 1.54) is 24.8 Å². The van der Waals surface area contributed by atoms with Crippen LogP contribution in [0.3, 0.4) is 0 Å². The van der Waals surface area contributed by atoms with Crippen molar-refractivity contribution in [3.05, 3.63) is 23.8 Å². The molecule has 1 saturated carbocycles. The van der Waals surface area contributed by atoms with E-state index in [4.69, 9.17) is 15.3 Å². The van der Waals surface area contributed by atoms with Crippen molar-refractivity contribution in [2.75, 3.05) is 13.2 Å². The van der Waals surface area contributed by atoms with Crippen LogP contribution in [0, 0.1) is 11.8 Å². The molecule has 0 spiro atoms. The van der Waals surface area contributed by atoms with Crippen LogP contribution in [0.2, 0.25) is 0 Å². The summed E-state index contributed by atoms with van der Waals surface area (Å²) in [5, 5.41) is 0. The number of nitrogens with two attached hydrogens (primary N) is 1. The molecule has 4 heteroatoms. The van der Waals surface area contributed by atoms with Gasteiger partial charge in [0.05, 0.1) is 13.2 Å². The highest BCUT2D eigenvalue weighted by molar-refractivity contribution is 5.44. The standard InChI is InChI=1S/C16H24N2O2/c1-11-3-4-12(9-11)16(18-17)13-5-6-14-15(10-13)20-8-2-7-19-14/h5-6,10-12,16,18H,2-4,7-9,17H2,1H3. The summed E-state index contributed by atoms with van der Waals surface area (Å²) in [6.07, 6.45) is 4.71. The maximum atomic E-state index is 5.81. The van der Waals surface area contributed by atoms with E-state index in [1.54, 1.807) is 0 Å². The number of hydrazine groups is 1. The van der Waals surface area contributed by atoms with Crippen LogP contribution in [-0.4, -0.2) is 13.2 Å². The molecule has 3 atom stereocenters. The molecule has 4 nitrogen and oxygen atoms in total. The molecule has 1 aliphatic heterocycles. The molecule has 1 aliphatic carbocycles. The Morgan fingerprint density at radius 1 is 1.20 bits per heavy atom. The molecule has 0 saturated heterocycles. The molecule has 0 amide bonds. The number of ether oxygens (including phenoxy) is 2. The molecule has 0 aromatic heterocycles. The molecular weight excluding hydrogens is 252 g/mol. The first-order chi connectivity index (χ1) is 9.78. The topological polar surface area (TPSA) is 56.5 Å². The number of benzene rings is 1. The van der Waals surface area contributed by atoms with Crippen molar-refractivity contribution in [3.8, 4) is 11.5 Å². The normalized spacial score (nSPS) is 27.1. The Bertz CT molecular complexity index is 464. The fraction of sp³-hybridized carbons (Fsp3) is 0.625. The quantitative estimate of drug-likeness (QED) is 0.658. The van der Waals surface area contributed by atoms with Crippen molar-refractivity contribution in [3.63, 3.8) is 0 Å². The summed E-state index contributed by atoms with van der Waals surface area (Å²) in [6, 6.07) is 6.42. The Morgan fingerprint density at radius 3 is 2.70 bits per heavy atom. The van der Waals surface area contributed by atoms with Crippen LogP contribution in [0.25, 0.3) is 0 Å². The monoisotopic (exact) mass is 276 g/mol. The lowest BCUT2D eigenvalue weighted by atomic mass is 9.91. The van der Waals surface area contributed by atoms with Crippen molar-refractivity contribution in [1.82, 2.24) is 5.43 Å². The van der Waals surface area contributed by atoms with Crippen LogP contribution in [0.5, 0.6) is 11.5 Å². The molecule has 0 bridgehead atoms. The summed E-state index contributed by atoms with van der Waals surface area (Å²) in [6.45, 7) is 3.77. The lowest BCUT2D eigenvalue weighted by Crippen LogP contribution is -2.32. The van der Waals surface area contributed by atoms with Gasteiger partial charge in [-0.15, -0.1) is 0 Å². The first kappa shape index (κ1) is 13.7. The summed E-state index contributed by atoms with van der Waals surface area (Å²) >= 11 is 0. The van der Waals surface area contributed by atoms with Gasteiger partial charge < -0.3 is 9.47 Å². The zero-order chi connectivity index (χ0) is 13.9. The van der Waals surface area contributed by atoms with Gasteiger partial charge in [-0.25, -0.2) is 0 Å². The van der Waals surface area contributed by atoms with Crippen molar-refractivity contribution < 1.29 is 9.47 Å². The van der Waals surface area contributed by atoms with Gasteiger partial charge in [0.1, 0.15) is 0 Å². The van der Waals surface area contributed by atoms with E-state index in [0.29, 0.717) is 5.92 Å². The van der Waals surface area contributed by atoms with Crippen LogP contribution < -0.4 is 20.7 Å². The minimum atomic E-state index is 0.206. The van der Waals surface area contributed by atoms with E-state index in [1.807, 2.05) is 6.07 Å². The Balaban J connectivity index is 1.83. The lowest BCUT2D eigenvalue weighted by molar-refractivity contribution is 0.296. The second kappa shape index (κ2) is 6.02. The van der Waals surface area contributed by atoms with E-state index in [2.05, 4.69) is 24.5 Å². The summed E-state index contributed by atoms with van der Waals surface area (Å²) in [5.74, 6) is 8.93. The van der Waals surface area contributed by atoms with Crippen LogP contribution in [0.4, 0.5) is 0 Å². The average Bonchev–Trinajstić information content (AvgIpc) is 2.75. The molecular formula is C16H24N2O2. The lowest BCUT2D eigenvalue weighted by Gasteiger charge is -2.24. The first-order valence-corrected chi connectivity index (χ1v) is 7.63. The van der Waals surface area contributed by atoms with Gasteiger partial charge >= 0.3 is 0 Å². The van der Waals surface area contributed by atoms with Crippen LogP contribution >= 0.6 is 0 Å². The summed E-state index contributed by atoms with van der Waals surface area (Å²) in [7, 11) is 0. The number of rotatable bonds is 3. The van der Waals surface area contributed by atoms with Crippen molar-refractivity contribution >= 4 is 0 Å². The fourth-order valence-corrected chi connectivity index (χ4v) is 3.43. The zero-order valence-electron chi connectivity index (χ0n) is 12.1. The van der Waals surface area contributed by atoms with Gasteiger partial charge in [-0.1, -0.05) is 19.4 Å². The number of hydrogen-bond acceptors (Lipinski definition) is 4. The number of hydrogen-bond donors (Lipinski definition) is 2. The molecule has 2 aliphatic rings. The maximum absolute atomic E-state index is 5.81. The van der Waals surface area contributed by atoms with Gasteiger partial charge in [0.15, 0.2) is 11.5 Å². The van der Waals surface area contributed by atoms with Gasteiger partial charge in [0, 0.05) is 12.5 Å². The van der Waals surface area contributed by atoms with Gasteiger partial charge in [-0.2, -0.15) is 0 Å². The number of fused-ring (bicyclic) bond motifs is 1.